The maximum Gasteiger partial charge on any atom is 0.304 e. The van der Waals surface area contributed by atoms with Crippen LogP contribution in [0.25, 0.3) is 0 Å². The smallest absolute Gasteiger partial charge is 0.304 e. The van der Waals surface area contributed by atoms with Crippen molar-refractivity contribution in [1.29, 1.82) is 0 Å². The Morgan fingerprint density at radius 2 is 2.07 bits per heavy atom. The van der Waals surface area contributed by atoms with Gasteiger partial charge in [0, 0.05) is 34.9 Å². The van der Waals surface area contributed by atoms with E-state index < -0.39 is 5.60 Å². The first-order valence-electron chi connectivity index (χ1n) is 9.93. The molecule has 27 heavy (non-hydrogen) atoms. The Balaban J connectivity index is 1.69. The molecule has 0 radical (unpaired) electrons. The first kappa shape index (κ1) is 19.1. The van der Waals surface area contributed by atoms with Gasteiger partial charge in [-0.25, -0.2) is 0 Å². The molecule has 4 rings (SSSR count). The Kier molecular flexibility index (Phi) is 4.95. The zero-order valence-electron chi connectivity index (χ0n) is 16.3. The van der Waals surface area contributed by atoms with Gasteiger partial charge in [-0.05, 0) is 89.4 Å². The molecule has 0 bridgehead atoms. The quantitative estimate of drug-likeness (QED) is 0.331. The van der Waals surface area contributed by atoms with E-state index in [9.17, 15) is 4.79 Å². The van der Waals surface area contributed by atoms with Crippen molar-refractivity contribution in [3.8, 4) is 15.6 Å². The van der Waals surface area contributed by atoms with E-state index in [1.807, 2.05) is 0 Å². The van der Waals surface area contributed by atoms with Crippen molar-refractivity contribution in [1.82, 2.24) is 0 Å². The van der Waals surface area contributed by atoms with Crippen molar-refractivity contribution in [2.45, 2.75) is 63.9 Å². The summed E-state index contributed by atoms with van der Waals surface area (Å²) in [5.41, 5.74) is 2.30. The number of benzene rings is 1. The highest BCUT2D eigenvalue weighted by Crippen LogP contribution is 2.65. The van der Waals surface area contributed by atoms with Crippen LogP contribution in [0, 0.1) is 27.1 Å². The SMILES string of the molecule is COc1ccc2c(c1)CC[C@@H]1[C@@H]2CC[C@@]2(C)[C@H]1CC[C@]2(C#CI)OC(C)=O. The maximum atomic E-state index is 11.9. The Morgan fingerprint density at radius 1 is 1.26 bits per heavy atom. The Hall–Kier alpha value is -1.22. The highest BCUT2D eigenvalue weighted by Gasteiger charge is 2.63. The zero-order valence-corrected chi connectivity index (χ0v) is 18.5. The van der Waals surface area contributed by atoms with E-state index in [4.69, 9.17) is 9.47 Å². The van der Waals surface area contributed by atoms with Gasteiger partial charge in [0.05, 0.1) is 7.11 Å². The number of carbonyl (C=O) groups is 1. The molecule has 3 nitrogen and oxygen atoms in total. The van der Waals surface area contributed by atoms with Crippen LogP contribution in [-0.4, -0.2) is 18.7 Å². The minimum atomic E-state index is -0.615. The molecule has 1 aromatic rings. The van der Waals surface area contributed by atoms with Gasteiger partial charge in [-0.1, -0.05) is 13.0 Å². The summed E-state index contributed by atoms with van der Waals surface area (Å²) in [6.45, 7) is 3.84. The topological polar surface area (TPSA) is 35.5 Å². The lowest BCUT2D eigenvalue weighted by molar-refractivity contribution is -0.165. The molecule has 0 heterocycles. The molecule has 0 saturated heterocycles. The van der Waals surface area contributed by atoms with Crippen LogP contribution in [0.4, 0.5) is 0 Å². The standard InChI is InChI=1S/C23H27IO3/c1-15(25)27-23(12-13-24)11-9-21-20-6-4-16-14-17(26-3)5-7-18(16)19(20)8-10-22(21,23)2/h5,7,14,19-21H,4,6,8-11H2,1-3H3/t19-,20-,21+,22+,23-/m1/s1. The molecule has 0 N–H and O–H groups in total. The molecule has 0 amide bonds. The predicted molar refractivity (Wildman–Crippen MR) is 114 cm³/mol. The van der Waals surface area contributed by atoms with Crippen LogP contribution in [-0.2, 0) is 16.0 Å². The Bertz CT molecular complexity index is 823. The van der Waals surface area contributed by atoms with Gasteiger partial charge in [0.1, 0.15) is 5.75 Å². The molecule has 3 aliphatic rings. The first-order chi connectivity index (χ1) is 12.9. The Morgan fingerprint density at radius 3 is 2.78 bits per heavy atom. The third-order valence-electron chi connectivity index (χ3n) is 7.62. The number of esters is 1. The fourth-order valence-electron chi connectivity index (χ4n) is 6.40. The summed E-state index contributed by atoms with van der Waals surface area (Å²) in [7, 11) is 1.74. The fraction of sp³-hybridized carbons (Fsp3) is 0.609. The van der Waals surface area contributed by atoms with Crippen molar-refractivity contribution in [3.05, 3.63) is 29.3 Å². The summed E-state index contributed by atoms with van der Waals surface area (Å²) >= 11 is 2.08. The monoisotopic (exact) mass is 478 g/mol. The lowest BCUT2D eigenvalue weighted by atomic mass is 9.53. The fourth-order valence-corrected chi connectivity index (χ4v) is 6.84. The second-order valence-corrected chi connectivity index (χ2v) is 9.15. The summed E-state index contributed by atoms with van der Waals surface area (Å²) < 4.78 is 14.4. The third kappa shape index (κ3) is 2.88. The van der Waals surface area contributed by atoms with Gasteiger partial charge in [0.25, 0.3) is 0 Å². The number of methoxy groups -OCH3 is 1. The first-order valence-corrected chi connectivity index (χ1v) is 11.0. The highest BCUT2D eigenvalue weighted by atomic mass is 127. The number of halogens is 1. The van der Waals surface area contributed by atoms with Crippen molar-refractivity contribution < 1.29 is 14.3 Å². The van der Waals surface area contributed by atoms with Gasteiger partial charge in [-0.2, -0.15) is 0 Å². The van der Waals surface area contributed by atoms with Gasteiger partial charge in [0.2, 0.25) is 0 Å². The highest BCUT2D eigenvalue weighted by molar-refractivity contribution is 14.1. The molecule has 0 unspecified atom stereocenters. The van der Waals surface area contributed by atoms with E-state index in [1.54, 1.807) is 7.11 Å². The van der Waals surface area contributed by atoms with Crippen LogP contribution >= 0.6 is 22.6 Å². The summed E-state index contributed by atoms with van der Waals surface area (Å²) in [6, 6.07) is 6.61. The van der Waals surface area contributed by atoms with Crippen LogP contribution in [0.3, 0.4) is 0 Å². The Labute approximate surface area is 175 Å². The number of aryl methyl sites for hydroxylation is 1. The van der Waals surface area contributed by atoms with Crippen LogP contribution in [0.2, 0.25) is 0 Å². The number of hydrogen-bond acceptors (Lipinski definition) is 3. The number of rotatable bonds is 2. The van der Waals surface area contributed by atoms with E-state index in [2.05, 4.69) is 57.6 Å². The van der Waals surface area contributed by atoms with Gasteiger partial charge in [-0.15, -0.1) is 0 Å². The lowest BCUT2D eigenvalue weighted by Gasteiger charge is -2.52. The maximum absolute atomic E-state index is 11.9. The molecule has 5 atom stereocenters. The molecule has 3 aliphatic carbocycles. The molecule has 4 heteroatoms. The van der Waals surface area contributed by atoms with Crippen molar-refractivity contribution in [2.24, 2.45) is 17.3 Å². The lowest BCUT2D eigenvalue weighted by Crippen LogP contribution is -2.52. The van der Waals surface area contributed by atoms with E-state index in [-0.39, 0.29) is 11.4 Å². The summed E-state index contributed by atoms with van der Waals surface area (Å²) in [5, 5.41) is 0. The van der Waals surface area contributed by atoms with E-state index in [1.165, 1.54) is 24.5 Å². The average Bonchev–Trinajstić information content (AvgIpc) is 2.93. The molecule has 0 spiro atoms. The van der Waals surface area contributed by atoms with Gasteiger partial charge in [0.15, 0.2) is 5.60 Å². The van der Waals surface area contributed by atoms with E-state index >= 15 is 0 Å². The average molecular weight is 478 g/mol. The molecule has 2 saturated carbocycles. The molecule has 1 aromatic carbocycles. The molecule has 2 fully saturated rings. The third-order valence-corrected chi connectivity index (χ3v) is 7.89. The number of carbonyl (C=O) groups excluding carboxylic acids is 1. The van der Waals surface area contributed by atoms with Crippen LogP contribution in [0.15, 0.2) is 18.2 Å². The van der Waals surface area contributed by atoms with Crippen molar-refractivity contribution >= 4 is 28.6 Å². The second-order valence-electron chi connectivity index (χ2n) is 8.62. The summed E-state index contributed by atoms with van der Waals surface area (Å²) in [5.74, 6) is 5.90. The van der Waals surface area contributed by atoms with Crippen molar-refractivity contribution in [2.75, 3.05) is 7.11 Å². The molecule has 0 aromatic heterocycles. The molecule has 0 aliphatic heterocycles. The minimum Gasteiger partial charge on any atom is -0.497 e. The van der Waals surface area contributed by atoms with Crippen LogP contribution < -0.4 is 4.74 Å². The predicted octanol–water partition coefficient (Wildman–Crippen LogP) is 5.25. The minimum absolute atomic E-state index is 0.0536. The summed E-state index contributed by atoms with van der Waals surface area (Å²) in [4.78, 5) is 11.9. The molecule has 144 valence electrons. The summed E-state index contributed by atoms with van der Waals surface area (Å²) in [6.07, 6.45) is 6.48. The van der Waals surface area contributed by atoms with Crippen LogP contribution in [0.5, 0.6) is 5.75 Å². The zero-order chi connectivity index (χ0) is 19.2. The largest absolute Gasteiger partial charge is 0.497 e. The molecular weight excluding hydrogens is 451 g/mol. The van der Waals surface area contributed by atoms with E-state index in [0.717, 1.165) is 37.9 Å². The number of hydrogen-bond donors (Lipinski definition) is 0. The van der Waals surface area contributed by atoms with Gasteiger partial charge >= 0.3 is 5.97 Å². The van der Waals surface area contributed by atoms with Gasteiger partial charge in [-0.3, -0.25) is 4.79 Å². The van der Waals surface area contributed by atoms with Gasteiger partial charge < -0.3 is 9.47 Å². The normalized spacial score (nSPS) is 36.5. The van der Waals surface area contributed by atoms with E-state index in [0.29, 0.717) is 17.8 Å². The van der Waals surface area contributed by atoms with Crippen LogP contribution in [0.1, 0.15) is 63.0 Å². The van der Waals surface area contributed by atoms with Crippen molar-refractivity contribution in [3.63, 3.8) is 0 Å². The number of fused-ring (bicyclic) bond motifs is 5. The second kappa shape index (κ2) is 6.99. The number of ether oxygens (including phenoxy) is 2. The molecular formula is C23H27IO3.